The van der Waals surface area contributed by atoms with Crippen LogP contribution in [-0.2, 0) is 18.1 Å². The zero-order valence-corrected chi connectivity index (χ0v) is 9.36. The third-order valence-corrected chi connectivity index (χ3v) is 4.71. The number of hydrogen-bond donors (Lipinski definition) is 0. The van der Waals surface area contributed by atoms with Crippen molar-refractivity contribution in [2.45, 2.75) is 19.0 Å². The van der Waals surface area contributed by atoms with Gasteiger partial charge in [-0.1, -0.05) is 0 Å². The molecule has 1 atom stereocenters. The zero-order chi connectivity index (χ0) is 10.3. The van der Waals surface area contributed by atoms with Gasteiger partial charge in [0.2, 0.25) is 6.08 Å². The molecule has 0 aromatic heterocycles. The lowest BCUT2D eigenvalue weighted by atomic mass is 10.4. The number of hydrogen-bond acceptors (Lipinski definition) is 5. The molecule has 0 aromatic rings. The van der Waals surface area contributed by atoms with Crippen LogP contribution in [0.2, 0.25) is 6.04 Å². The van der Waals surface area contributed by atoms with Crippen molar-refractivity contribution >= 4 is 14.9 Å². The molecule has 0 spiro atoms. The van der Waals surface area contributed by atoms with Crippen LogP contribution in [0.15, 0.2) is 4.99 Å². The predicted molar refractivity (Wildman–Crippen MR) is 49.2 cm³/mol. The summed E-state index contributed by atoms with van der Waals surface area (Å²) >= 11 is 0. The molecule has 0 radical (unpaired) electrons. The Hall–Kier alpha value is -0.523. The van der Waals surface area contributed by atoms with Gasteiger partial charge in [0, 0.05) is 27.4 Å². The van der Waals surface area contributed by atoms with E-state index in [1.54, 1.807) is 6.92 Å². The van der Waals surface area contributed by atoms with Crippen molar-refractivity contribution in [1.82, 2.24) is 0 Å². The number of carbonyl (C=O) groups excluding carboxylic acids is 1. The fourth-order valence-electron chi connectivity index (χ4n) is 0.997. The largest absolute Gasteiger partial charge is 0.502 e. The summed E-state index contributed by atoms with van der Waals surface area (Å²) in [5.41, 5.74) is 0. The molecule has 0 bridgehead atoms. The van der Waals surface area contributed by atoms with Gasteiger partial charge < -0.3 is 13.3 Å². The zero-order valence-electron chi connectivity index (χ0n) is 8.36. The molecule has 0 saturated carbocycles. The molecule has 0 amide bonds. The number of rotatable bonds is 6. The van der Waals surface area contributed by atoms with Gasteiger partial charge in [-0.3, -0.25) is 0 Å². The SMILES string of the molecule is CO[Si](CC(C)N=C=O)(OC)OC. The molecule has 0 N–H and O–H groups in total. The highest BCUT2D eigenvalue weighted by atomic mass is 28.4. The lowest BCUT2D eigenvalue weighted by molar-refractivity contribution is 0.122. The maximum absolute atomic E-state index is 9.97. The highest BCUT2D eigenvalue weighted by Gasteiger charge is 2.39. The molecule has 0 fully saturated rings. The molecule has 0 aromatic carbocycles. The van der Waals surface area contributed by atoms with Gasteiger partial charge in [-0.05, 0) is 6.92 Å². The summed E-state index contributed by atoms with van der Waals surface area (Å²) in [7, 11) is 1.98. The molecule has 13 heavy (non-hydrogen) atoms. The first-order valence-corrected chi connectivity index (χ1v) is 5.79. The second kappa shape index (κ2) is 6.01. The lowest BCUT2D eigenvalue weighted by Crippen LogP contribution is -2.44. The lowest BCUT2D eigenvalue weighted by Gasteiger charge is -2.25. The fraction of sp³-hybridized carbons (Fsp3) is 0.857. The van der Waals surface area contributed by atoms with Gasteiger partial charge in [-0.15, -0.1) is 0 Å². The average Bonchev–Trinajstić information content (AvgIpc) is 2.15. The second-order valence-corrected chi connectivity index (χ2v) is 5.57. The average molecular weight is 205 g/mol. The van der Waals surface area contributed by atoms with Crippen LogP contribution < -0.4 is 0 Å². The van der Waals surface area contributed by atoms with Crippen molar-refractivity contribution in [3.8, 4) is 0 Å². The van der Waals surface area contributed by atoms with Crippen LogP contribution >= 0.6 is 0 Å². The van der Waals surface area contributed by atoms with E-state index in [-0.39, 0.29) is 6.04 Å². The molecule has 0 saturated heterocycles. The summed E-state index contributed by atoms with van der Waals surface area (Å²) < 4.78 is 15.5. The van der Waals surface area contributed by atoms with Crippen LogP contribution in [0.1, 0.15) is 6.92 Å². The summed E-state index contributed by atoms with van der Waals surface area (Å²) in [5.74, 6) is 0. The third kappa shape index (κ3) is 3.80. The van der Waals surface area contributed by atoms with Gasteiger partial charge >= 0.3 is 8.80 Å². The van der Waals surface area contributed by atoms with Crippen molar-refractivity contribution in [3.05, 3.63) is 0 Å². The second-order valence-electron chi connectivity index (χ2n) is 2.57. The maximum Gasteiger partial charge on any atom is 0.502 e. The first-order valence-electron chi connectivity index (χ1n) is 3.86. The van der Waals surface area contributed by atoms with Crippen molar-refractivity contribution in [1.29, 1.82) is 0 Å². The Morgan fingerprint density at radius 2 is 1.77 bits per heavy atom. The van der Waals surface area contributed by atoms with Crippen LogP contribution in [0.3, 0.4) is 0 Å². The molecule has 76 valence electrons. The Kier molecular flexibility index (Phi) is 5.77. The van der Waals surface area contributed by atoms with Crippen molar-refractivity contribution in [2.75, 3.05) is 21.3 Å². The van der Waals surface area contributed by atoms with Gasteiger partial charge in [0.1, 0.15) is 0 Å². The van der Waals surface area contributed by atoms with E-state index >= 15 is 0 Å². The van der Waals surface area contributed by atoms with Gasteiger partial charge in [0.05, 0.1) is 6.04 Å². The van der Waals surface area contributed by atoms with E-state index in [4.69, 9.17) is 13.3 Å². The molecular weight excluding hydrogens is 190 g/mol. The van der Waals surface area contributed by atoms with Crippen LogP contribution in [-0.4, -0.2) is 42.3 Å². The van der Waals surface area contributed by atoms with Crippen molar-refractivity contribution in [3.63, 3.8) is 0 Å². The Labute approximate surface area is 79.1 Å². The summed E-state index contributed by atoms with van der Waals surface area (Å²) in [6.07, 6.45) is 1.49. The van der Waals surface area contributed by atoms with Crippen LogP contribution in [0, 0.1) is 0 Å². The number of isocyanates is 1. The maximum atomic E-state index is 9.97. The van der Waals surface area contributed by atoms with E-state index in [0.717, 1.165) is 0 Å². The van der Waals surface area contributed by atoms with Crippen LogP contribution in [0.25, 0.3) is 0 Å². The number of aliphatic imine (C=N–C) groups is 1. The molecule has 6 heteroatoms. The Morgan fingerprint density at radius 3 is 2.08 bits per heavy atom. The molecule has 0 aliphatic rings. The van der Waals surface area contributed by atoms with E-state index < -0.39 is 8.80 Å². The molecular formula is C7H15NO4Si. The van der Waals surface area contributed by atoms with E-state index in [1.807, 2.05) is 0 Å². The summed E-state index contributed by atoms with van der Waals surface area (Å²) in [6.45, 7) is 1.78. The first kappa shape index (κ1) is 12.5. The molecule has 1 unspecified atom stereocenters. The topological polar surface area (TPSA) is 57.1 Å². The first-order chi connectivity index (χ1) is 6.14. The van der Waals surface area contributed by atoms with E-state index in [9.17, 15) is 4.79 Å². The van der Waals surface area contributed by atoms with Crippen LogP contribution in [0.5, 0.6) is 0 Å². The standard InChI is InChI=1S/C7H15NO4Si/c1-7(8-6-9)5-13(10-2,11-3)12-4/h7H,5H2,1-4H3. The number of nitrogens with zero attached hydrogens (tertiary/aromatic N) is 1. The molecule has 0 aliphatic heterocycles. The highest BCUT2D eigenvalue weighted by Crippen LogP contribution is 2.16. The minimum absolute atomic E-state index is 0.191. The van der Waals surface area contributed by atoms with Crippen molar-refractivity contribution in [2.24, 2.45) is 4.99 Å². The molecule has 0 heterocycles. The van der Waals surface area contributed by atoms with Gasteiger partial charge in [0.25, 0.3) is 0 Å². The van der Waals surface area contributed by atoms with E-state index in [0.29, 0.717) is 6.04 Å². The molecule has 0 rings (SSSR count). The third-order valence-electron chi connectivity index (χ3n) is 1.75. The van der Waals surface area contributed by atoms with Crippen LogP contribution in [0.4, 0.5) is 0 Å². The normalized spacial score (nSPS) is 13.5. The van der Waals surface area contributed by atoms with E-state index in [2.05, 4.69) is 4.99 Å². The summed E-state index contributed by atoms with van der Waals surface area (Å²) in [4.78, 5) is 13.5. The van der Waals surface area contributed by atoms with Gasteiger partial charge in [0.15, 0.2) is 0 Å². The predicted octanol–water partition coefficient (Wildman–Crippen LogP) is 0.589. The Morgan fingerprint density at radius 1 is 1.31 bits per heavy atom. The summed E-state index contributed by atoms with van der Waals surface area (Å²) in [6, 6.07) is 0.287. The monoisotopic (exact) mass is 205 g/mol. The van der Waals surface area contributed by atoms with Gasteiger partial charge in [-0.25, -0.2) is 9.79 Å². The summed E-state index contributed by atoms with van der Waals surface area (Å²) in [5, 5.41) is 0. The van der Waals surface area contributed by atoms with Crippen molar-refractivity contribution < 1.29 is 18.1 Å². The minimum Gasteiger partial charge on any atom is -0.377 e. The highest BCUT2D eigenvalue weighted by molar-refractivity contribution is 6.60. The quantitative estimate of drug-likeness (QED) is 0.362. The molecule has 0 aliphatic carbocycles. The molecule has 5 nitrogen and oxygen atoms in total. The fourth-order valence-corrected chi connectivity index (χ4v) is 2.81. The Bertz CT molecular complexity index is 181. The van der Waals surface area contributed by atoms with Gasteiger partial charge in [-0.2, -0.15) is 0 Å². The minimum atomic E-state index is -2.59. The Balaban J connectivity index is 4.31. The van der Waals surface area contributed by atoms with E-state index in [1.165, 1.54) is 27.4 Å². The smallest absolute Gasteiger partial charge is 0.377 e.